The van der Waals surface area contributed by atoms with Crippen molar-refractivity contribution >= 4 is 22.7 Å². The van der Waals surface area contributed by atoms with Gasteiger partial charge in [-0.2, -0.15) is 0 Å². The van der Waals surface area contributed by atoms with E-state index < -0.39 is 15.3 Å². The highest BCUT2D eigenvalue weighted by Gasteiger charge is 2.53. The highest BCUT2D eigenvalue weighted by atomic mass is 16.6. The van der Waals surface area contributed by atoms with Gasteiger partial charge in [-0.1, -0.05) is 48.5 Å². The predicted molar refractivity (Wildman–Crippen MR) is 409 cm³/mol. The van der Waals surface area contributed by atoms with Crippen molar-refractivity contribution < 1.29 is 94.5 Å². The number of fused-ring (bicyclic) bond motifs is 10. The van der Waals surface area contributed by atoms with Crippen molar-refractivity contribution in [2.24, 2.45) is 0 Å². The lowest BCUT2D eigenvalue weighted by Gasteiger charge is -2.31. The summed E-state index contributed by atoms with van der Waals surface area (Å²) in [7, 11) is 6.46. The standard InChI is InChI=1S/C81H88N8O22/c1-94-21-25-98-29-33-102-37-41-106-73-19-11-59(51-75(73)108-43-39-104-35-31-100-27-23-96-3)79-86-84-77(110-79)57-7-15-63-64-16-8-58(78-85-87-80(111-78)60-12-20-74(107-42-38-103-34-30-99-26-22-95-2)76(52-60)109-44-40-105-36-32-101-28-24-97-4)48-68(64)81(67(63)47-57)65-45-53(55-9-17-69(82)71(49-55)88(90)91)5-13-61(65)62-14-6-54(46-66(62)81)56-10-18-70(83)72(50-56)89(92)93/h5-20,45-52H,21-44,82-83H2,1-4H3. The number of anilines is 2. The van der Waals surface area contributed by atoms with Crippen molar-refractivity contribution in [2.75, 3.05) is 198 Å². The van der Waals surface area contributed by atoms with Gasteiger partial charge in [-0.05, 0) is 152 Å². The lowest BCUT2D eigenvalue weighted by molar-refractivity contribution is -0.384. The van der Waals surface area contributed by atoms with E-state index >= 15 is 0 Å². The molecule has 30 nitrogen and oxygen atoms in total. The lowest BCUT2D eigenvalue weighted by atomic mass is 9.69. The zero-order valence-electron chi connectivity index (χ0n) is 62.1. The zero-order valence-corrected chi connectivity index (χ0v) is 62.1. The molecule has 0 saturated heterocycles. The summed E-state index contributed by atoms with van der Waals surface area (Å²) in [6.45, 7) is 8.61. The van der Waals surface area contributed by atoms with E-state index in [1.165, 1.54) is 24.3 Å². The number of benzene rings is 8. The maximum atomic E-state index is 12.5. The highest BCUT2D eigenvalue weighted by Crippen LogP contribution is 2.64. The Morgan fingerprint density at radius 1 is 0.297 bits per heavy atom. The van der Waals surface area contributed by atoms with Gasteiger partial charge in [0, 0.05) is 62.8 Å². The molecule has 2 aliphatic rings. The van der Waals surface area contributed by atoms with Gasteiger partial charge in [-0.3, -0.25) is 20.2 Å². The summed E-state index contributed by atoms with van der Waals surface area (Å²) < 4.78 is 104. The van der Waals surface area contributed by atoms with Gasteiger partial charge in [0.05, 0.1) is 147 Å². The van der Waals surface area contributed by atoms with Crippen molar-refractivity contribution in [1.29, 1.82) is 0 Å². The molecule has 2 aliphatic carbocycles. The van der Waals surface area contributed by atoms with Crippen LogP contribution in [0.25, 0.3) is 90.3 Å². The predicted octanol–water partition coefficient (Wildman–Crippen LogP) is 12.0. The molecule has 2 heterocycles. The van der Waals surface area contributed by atoms with Crippen LogP contribution in [0.2, 0.25) is 0 Å². The van der Waals surface area contributed by atoms with Crippen molar-refractivity contribution in [2.45, 2.75) is 5.41 Å². The van der Waals surface area contributed by atoms with Crippen LogP contribution in [-0.2, 0) is 62.3 Å². The molecule has 8 aromatic carbocycles. The number of hydrogen-bond donors (Lipinski definition) is 2. The van der Waals surface area contributed by atoms with Crippen molar-refractivity contribution in [3.05, 3.63) is 188 Å². The quantitative estimate of drug-likeness (QED) is 0.0155. The molecule has 10 aromatic rings. The molecular weight excluding hydrogens is 1440 g/mol. The molecule has 30 heteroatoms. The largest absolute Gasteiger partial charge is 0.487 e. The lowest BCUT2D eigenvalue weighted by Crippen LogP contribution is -2.26. The first-order valence-electron chi connectivity index (χ1n) is 36.1. The summed E-state index contributed by atoms with van der Waals surface area (Å²) in [5.74, 6) is 2.40. The average molecular weight is 1530 g/mol. The van der Waals surface area contributed by atoms with Crippen LogP contribution in [0.5, 0.6) is 23.0 Å². The first-order valence-corrected chi connectivity index (χ1v) is 36.1. The molecule has 0 saturated carbocycles. The summed E-state index contributed by atoms with van der Waals surface area (Å²) in [4.78, 5) is 24.0. The molecule has 0 fully saturated rings. The summed E-state index contributed by atoms with van der Waals surface area (Å²) in [6.07, 6.45) is 0. The van der Waals surface area contributed by atoms with Crippen LogP contribution in [-0.4, -0.2) is 217 Å². The Labute approximate surface area is 640 Å². The summed E-state index contributed by atoms with van der Waals surface area (Å²) >= 11 is 0. The average Bonchev–Trinajstić information content (AvgIpc) is 1.50. The third-order valence-corrected chi connectivity index (χ3v) is 18.3. The number of nitro benzene ring substituents is 2. The van der Waals surface area contributed by atoms with Gasteiger partial charge < -0.3 is 96.1 Å². The number of aromatic nitrogens is 4. The normalized spacial score (nSPS) is 12.3. The minimum absolute atomic E-state index is 0.00758. The molecule has 12 rings (SSSR count). The summed E-state index contributed by atoms with van der Waals surface area (Å²) in [6, 6.07) is 44.0. The number of hydrogen-bond acceptors (Lipinski definition) is 28. The molecule has 4 N–H and O–H groups in total. The smallest absolute Gasteiger partial charge is 0.292 e. The highest BCUT2D eigenvalue weighted by molar-refractivity contribution is 5.98. The monoisotopic (exact) mass is 1520 g/mol. The molecule has 0 aliphatic heterocycles. The number of rotatable bonds is 48. The molecular formula is C81H88N8O22. The van der Waals surface area contributed by atoms with Crippen molar-refractivity contribution in [1.82, 2.24) is 20.4 Å². The number of nitrogens with zero attached hydrogens (tertiary/aromatic N) is 6. The van der Waals surface area contributed by atoms with E-state index in [-0.39, 0.29) is 99.2 Å². The van der Waals surface area contributed by atoms with Gasteiger partial charge in [-0.25, -0.2) is 0 Å². The third-order valence-electron chi connectivity index (χ3n) is 18.3. The van der Waals surface area contributed by atoms with Crippen LogP contribution in [0.3, 0.4) is 0 Å². The Hall–Kier alpha value is -10.8. The molecule has 1 spiro atoms. The molecule has 0 atom stereocenters. The first-order chi connectivity index (χ1) is 54.4. The van der Waals surface area contributed by atoms with E-state index in [1.807, 2.05) is 72.8 Å². The van der Waals surface area contributed by atoms with Crippen LogP contribution in [0, 0.1) is 20.2 Å². The van der Waals surface area contributed by atoms with E-state index in [0.29, 0.717) is 173 Å². The van der Waals surface area contributed by atoms with E-state index in [1.54, 1.807) is 77.0 Å². The number of methoxy groups -OCH3 is 4. The Bertz CT molecular complexity index is 4470. The summed E-state index contributed by atoms with van der Waals surface area (Å²) in [5.41, 5.74) is 21.7. The van der Waals surface area contributed by atoms with Crippen molar-refractivity contribution in [3.63, 3.8) is 0 Å². The maximum absolute atomic E-state index is 12.5. The second kappa shape index (κ2) is 39.7. The number of nitro groups is 2. The topological polar surface area (TPSA) is 364 Å². The molecule has 0 radical (unpaired) electrons. The van der Waals surface area contributed by atoms with Gasteiger partial charge >= 0.3 is 0 Å². The van der Waals surface area contributed by atoms with Crippen LogP contribution in [0.15, 0.2) is 154 Å². The van der Waals surface area contributed by atoms with E-state index in [0.717, 1.165) is 44.5 Å². The summed E-state index contributed by atoms with van der Waals surface area (Å²) in [5, 5.41) is 43.6. The minimum atomic E-state index is -1.27. The Morgan fingerprint density at radius 2 is 0.532 bits per heavy atom. The fourth-order valence-electron chi connectivity index (χ4n) is 13.0. The van der Waals surface area contributed by atoms with Crippen LogP contribution in [0.1, 0.15) is 22.3 Å². The fraction of sp³-hybridized carbons (Fsp3) is 0.358. The minimum Gasteiger partial charge on any atom is -0.487 e. The van der Waals surface area contributed by atoms with Gasteiger partial charge in [-0.15, -0.1) is 20.4 Å². The fourth-order valence-corrected chi connectivity index (χ4v) is 13.0. The van der Waals surface area contributed by atoms with E-state index in [9.17, 15) is 20.2 Å². The third kappa shape index (κ3) is 19.5. The van der Waals surface area contributed by atoms with Crippen molar-refractivity contribution in [3.8, 4) is 113 Å². The second-order valence-corrected chi connectivity index (χ2v) is 25.3. The molecule has 0 bridgehead atoms. The van der Waals surface area contributed by atoms with Gasteiger partial charge in [0.1, 0.15) is 37.8 Å². The van der Waals surface area contributed by atoms with Gasteiger partial charge in [0.25, 0.3) is 11.4 Å². The van der Waals surface area contributed by atoms with Crippen LogP contribution >= 0.6 is 0 Å². The Balaban J connectivity index is 0.927. The molecule has 2 aromatic heterocycles. The van der Waals surface area contributed by atoms with Gasteiger partial charge in [0.2, 0.25) is 23.6 Å². The Morgan fingerprint density at radius 3 is 0.829 bits per heavy atom. The maximum Gasteiger partial charge on any atom is 0.292 e. The SMILES string of the molecule is COCCOCCOCCOc1ccc(-c2nnc(-c3ccc4c(c3)C3(c5cc(-c6ccc(N)c([N+](=O)[O-])c6)ccc5-c5ccc(-c6ccc(N)c([N+](=O)[O-])c6)cc53)c3cc(-c5nnc(-c6ccc(OCCOCCOCCOC)c(OCCOCCOCCOC)c6)o5)ccc3-4)o2)cc1OCCOCCOCCOC. The molecule has 0 amide bonds. The van der Waals surface area contributed by atoms with E-state index in [4.69, 9.17) is 96.1 Å². The second-order valence-electron chi connectivity index (χ2n) is 25.3. The van der Waals surface area contributed by atoms with Crippen LogP contribution in [0.4, 0.5) is 22.7 Å². The molecule has 584 valence electrons. The molecule has 111 heavy (non-hydrogen) atoms. The van der Waals surface area contributed by atoms with Gasteiger partial charge in [0.15, 0.2) is 23.0 Å². The first kappa shape index (κ1) is 79.7. The molecule has 0 unspecified atom stereocenters. The Kier molecular flexibility index (Phi) is 28.5. The zero-order chi connectivity index (χ0) is 77.3. The number of ether oxygens (including phenoxy) is 16. The number of nitrogens with two attached hydrogens (primary N) is 2. The van der Waals surface area contributed by atoms with Crippen LogP contribution < -0.4 is 30.4 Å². The van der Waals surface area contributed by atoms with E-state index in [2.05, 4.69) is 20.4 Å². The number of nitrogen functional groups attached to an aromatic ring is 2.